The highest BCUT2D eigenvalue weighted by atomic mass is 28.3. The molecule has 3 aliphatic rings. The minimum absolute atomic E-state index is 0.0768. The average molecular weight is 810 g/mol. The summed E-state index contributed by atoms with van der Waals surface area (Å²) in [5.74, 6) is 0.608. The van der Waals surface area contributed by atoms with Crippen molar-refractivity contribution in [3.8, 4) is 11.5 Å². The number of para-hydroxylation sites is 1. The van der Waals surface area contributed by atoms with Crippen LogP contribution in [-0.4, -0.2) is 68.8 Å². The van der Waals surface area contributed by atoms with E-state index in [9.17, 15) is 14.7 Å². The molecule has 0 aromatic heterocycles. The third-order valence-electron chi connectivity index (χ3n) is 12.9. The van der Waals surface area contributed by atoms with Gasteiger partial charge >= 0.3 is 0 Å². The standard InChI is InChI=1S/C48H51N3O7Si/c1-31-45(59(4,5)40-23-21-39(57-3)22-24-40)43(27-44(53)50-29-35-13-7-6-12-34(35)26-37(50)30-52)58-48(31)41-15-8-9-16-42(41)51(47(48)55)28-32-11-10-14-36(25-32)49-46(54)33-17-19-38(56-2)20-18-33/h6-25,31,37,43,45,52H,26-30H2,1-5H3,(H,49,54)/t31-,37+,43+,45-,48+/m1/s1. The van der Waals surface area contributed by atoms with Gasteiger partial charge in [0.1, 0.15) is 11.5 Å². The number of benzene rings is 5. The molecule has 3 heterocycles. The molecule has 0 unspecified atom stereocenters. The van der Waals surface area contributed by atoms with Gasteiger partial charge in [-0.15, -0.1) is 0 Å². The molecule has 5 aromatic rings. The minimum atomic E-state index is -2.52. The molecule has 5 aromatic carbocycles. The van der Waals surface area contributed by atoms with Crippen LogP contribution in [-0.2, 0) is 39.4 Å². The number of fused-ring (bicyclic) bond motifs is 3. The number of anilines is 2. The summed E-state index contributed by atoms with van der Waals surface area (Å²) >= 11 is 0. The van der Waals surface area contributed by atoms with Crippen LogP contribution in [0.3, 0.4) is 0 Å². The molecular formula is C48H51N3O7Si. The first-order valence-electron chi connectivity index (χ1n) is 20.2. The Bertz CT molecular complexity index is 2370. The van der Waals surface area contributed by atoms with Crippen LogP contribution < -0.4 is 24.9 Å². The Hall–Kier alpha value is -5.75. The van der Waals surface area contributed by atoms with E-state index in [0.717, 1.165) is 33.7 Å². The van der Waals surface area contributed by atoms with Crippen molar-refractivity contribution in [2.24, 2.45) is 5.92 Å². The second-order valence-corrected chi connectivity index (χ2v) is 21.2. The van der Waals surface area contributed by atoms with E-state index in [2.05, 4.69) is 43.5 Å². The number of carbonyl (C=O) groups excluding carboxylic acids is 3. The Morgan fingerprint density at radius 2 is 1.53 bits per heavy atom. The molecule has 3 aliphatic heterocycles. The number of rotatable bonds is 11. The molecular weight excluding hydrogens is 759 g/mol. The summed E-state index contributed by atoms with van der Waals surface area (Å²) in [6.07, 6.45) is 0.0756. The second kappa shape index (κ2) is 16.1. The predicted octanol–water partition coefficient (Wildman–Crippen LogP) is 7.05. The molecule has 1 fully saturated rings. The van der Waals surface area contributed by atoms with Gasteiger partial charge in [-0.3, -0.25) is 14.4 Å². The molecule has 5 atom stereocenters. The van der Waals surface area contributed by atoms with Crippen LogP contribution >= 0.6 is 0 Å². The van der Waals surface area contributed by atoms with Gasteiger partial charge in [-0.1, -0.05) is 91.9 Å². The van der Waals surface area contributed by atoms with Gasteiger partial charge in [-0.05, 0) is 83.2 Å². The van der Waals surface area contributed by atoms with E-state index < -0.39 is 19.8 Å². The zero-order chi connectivity index (χ0) is 41.5. The summed E-state index contributed by atoms with van der Waals surface area (Å²) in [5, 5.41) is 14.7. The number of aliphatic hydroxyl groups excluding tert-OH is 1. The van der Waals surface area contributed by atoms with E-state index in [0.29, 0.717) is 30.0 Å². The Morgan fingerprint density at radius 3 is 2.22 bits per heavy atom. The number of nitrogens with zero attached hydrogens (tertiary/aromatic N) is 2. The van der Waals surface area contributed by atoms with Crippen molar-refractivity contribution in [2.75, 3.05) is 31.0 Å². The number of nitrogens with one attached hydrogen (secondary N) is 1. The molecule has 0 bridgehead atoms. The third-order valence-corrected chi connectivity index (χ3v) is 17.2. The van der Waals surface area contributed by atoms with Crippen molar-refractivity contribution in [2.45, 2.75) is 69.2 Å². The molecule has 10 nitrogen and oxygen atoms in total. The normalized spacial score (nSPS) is 22.2. The lowest BCUT2D eigenvalue weighted by atomic mass is 9.82. The first kappa shape index (κ1) is 40.0. The first-order valence-corrected chi connectivity index (χ1v) is 23.3. The number of ether oxygens (including phenoxy) is 3. The lowest BCUT2D eigenvalue weighted by molar-refractivity contribution is -0.151. The SMILES string of the molecule is COc1ccc(C(=O)Nc2cccc(CN3C(=O)[C@@]4(O[C@@H](CC(=O)N5Cc6ccccc6C[C@H]5CO)[C@H]([Si](C)(C)c5ccc(OC)cc5)[C@H]4C)c4ccccc43)c2)cc1. The molecule has 1 saturated heterocycles. The number of aliphatic hydroxyl groups is 1. The lowest BCUT2D eigenvalue weighted by Gasteiger charge is -2.39. The zero-order valence-corrected chi connectivity index (χ0v) is 35.2. The van der Waals surface area contributed by atoms with Gasteiger partial charge in [0.25, 0.3) is 11.8 Å². The Kier molecular flexibility index (Phi) is 10.9. The number of amides is 3. The molecule has 59 heavy (non-hydrogen) atoms. The molecule has 0 saturated carbocycles. The highest BCUT2D eigenvalue weighted by Crippen LogP contribution is 2.60. The Labute approximate surface area is 346 Å². The van der Waals surface area contributed by atoms with Crippen molar-refractivity contribution in [3.05, 3.63) is 149 Å². The summed E-state index contributed by atoms with van der Waals surface area (Å²) in [6, 6.07) is 38.2. The zero-order valence-electron chi connectivity index (χ0n) is 34.2. The molecule has 8 rings (SSSR count). The largest absolute Gasteiger partial charge is 0.497 e. The fraction of sp³-hybridized carbons (Fsp3) is 0.312. The fourth-order valence-corrected chi connectivity index (χ4v) is 13.8. The second-order valence-electron chi connectivity index (χ2n) is 16.5. The minimum Gasteiger partial charge on any atom is -0.497 e. The number of methoxy groups -OCH3 is 2. The lowest BCUT2D eigenvalue weighted by Crippen LogP contribution is -2.52. The number of hydrogen-bond acceptors (Lipinski definition) is 7. The summed E-state index contributed by atoms with van der Waals surface area (Å²) in [4.78, 5) is 46.7. The van der Waals surface area contributed by atoms with Crippen LogP contribution in [0.4, 0.5) is 11.4 Å². The number of carbonyl (C=O) groups is 3. The van der Waals surface area contributed by atoms with Crippen LogP contribution in [0.25, 0.3) is 0 Å². The summed E-state index contributed by atoms with van der Waals surface area (Å²) in [6.45, 7) is 7.24. The molecule has 2 N–H and O–H groups in total. The van der Waals surface area contributed by atoms with Gasteiger partial charge in [-0.2, -0.15) is 0 Å². The van der Waals surface area contributed by atoms with Crippen molar-refractivity contribution in [1.82, 2.24) is 4.90 Å². The van der Waals surface area contributed by atoms with Crippen LogP contribution in [0.2, 0.25) is 18.6 Å². The van der Waals surface area contributed by atoms with E-state index in [4.69, 9.17) is 14.2 Å². The molecule has 0 radical (unpaired) electrons. The molecule has 11 heteroatoms. The molecule has 1 spiro atoms. The van der Waals surface area contributed by atoms with E-state index in [1.165, 1.54) is 5.19 Å². The molecule has 3 amide bonds. The van der Waals surface area contributed by atoms with E-state index in [-0.39, 0.29) is 54.8 Å². The van der Waals surface area contributed by atoms with Crippen molar-refractivity contribution < 1.29 is 33.7 Å². The van der Waals surface area contributed by atoms with Crippen molar-refractivity contribution in [1.29, 1.82) is 0 Å². The fourth-order valence-electron chi connectivity index (χ4n) is 9.83. The van der Waals surface area contributed by atoms with Crippen molar-refractivity contribution in [3.63, 3.8) is 0 Å². The summed E-state index contributed by atoms with van der Waals surface area (Å²) in [5.41, 5.74) is 4.23. The first-order chi connectivity index (χ1) is 28.5. The number of hydrogen-bond donors (Lipinski definition) is 2. The summed E-state index contributed by atoms with van der Waals surface area (Å²) in [7, 11) is 0.709. The highest BCUT2D eigenvalue weighted by molar-refractivity contribution is 6.91. The average Bonchev–Trinajstić information content (AvgIpc) is 3.68. The Balaban J connectivity index is 1.12. The maximum atomic E-state index is 15.4. The van der Waals surface area contributed by atoms with Gasteiger partial charge in [0.05, 0.1) is 59.7 Å². The monoisotopic (exact) mass is 809 g/mol. The van der Waals surface area contributed by atoms with Gasteiger partial charge < -0.3 is 34.4 Å². The van der Waals surface area contributed by atoms with Crippen LogP contribution in [0.5, 0.6) is 11.5 Å². The van der Waals surface area contributed by atoms with E-state index >= 15 is 4.79 Å². The Morgan fingerprint density at radius 1 is 0.864 bits per heavy atom. The maximum absolute atomic E-state index is 15.4. The molecule has 304 valence electrons. The van der Waals surface area contributed by atoms with Crippen LogP contribution in [0.1, 0.15) is 46.0 Å². The van der Waals surface area contributed by atoms with Gasteiger partial charge in [0.2, 0.25) is 5.91 Å². The van der Waals surface area contributed by atoms with E-state index in [1.807, 2.05) is 78.9 Å². The molecule has 0 aliphatic carbocycles. The highest BCUT2D eigenvalue weighted by Gasteiger charge is 2.66. The van der Waals surface area contributed by atoms with Gasteiger partial charge in [-0.25, -0.2) is 0 Å². The summed E-state index contributed by atoms with van der Waals surface area (Å²) < 4.78 is 18.0. The van der Waals surface area contributed by atoms with Gasteiger partial charge in [0.15, 0.2) is 5.60 Å². The predicted molar refractivity (Wildman–Crippen MR) is 231 cm³/mol. The maximum Gasteiger partial charge on any atom is 0.264 e. The quantitative estimate of drug-likeness (QED) is 0.137. The van der Waals surface area contributed by atoms with E-state index in [1.54, 1.807) is 48.3 Å². The van der Waals surface area contributed by atoms with Crippen LogP contribution in [0, 0.1) is 5.92 Å². The smallest absolute Gasteiger partial charge is 0.264 e. The third kappa shape index (κ3) is 7.21. The van der Waals surface area contributed by atoms with Gasteiger partial charge in [0, 0.05) is 29.3 Å². The topological polar surface area (TPSA) is 118 Å². The van der Waals surface area contributed by atoms with Crippen LogP contribution in [0.15, 0.2) is 121 Å². The van der Waals surface area contributed by atoms with Crippen molar-refractivity contribution >= 4 is 42.4 Å².